The Labute approximate surface area is 353 Å². The number of aliphatic imine (C=N–C) groups is 1. The van der Waals surface area contributed by atoms with Gasteiger partial charge in [0.15, 0.2) is 16.8 Å². The van der Waals surface area contributed by atoms with Crippen molar-refractivity contribution in [3.05, 3.63) is 87.1 Å². The van der Waals surface area contributed by atoms with Crippen molar-refractivity contribution in [2.75, 3.05) is 24.7 Å². The monoisotopic (exact) mass is 843 g/mol. The number of aliphatic hydroxyl groups is 5. The van der Waals surface area contributed by atoms with Gasteiger partial charge in [-0.1, -0.05) is 38.3 Å². The molecule has 3 aromatic rings. The highest BCUT2D eigenvalue weighted by Gasteiger charge is 2.53. The van der Waals surface area contributed by atoms with Crippen LogP contribution in [0.5, 0.6) is 11.5 Å². The van der Waals surface area contributed by atoms with Crippen molar-refractivity contribution < 1.29 is 54.4 Å². The number of allylic oxidation sites excluding steroid dienone is 1. The second-order valence-corrected chi connectivity index (χ2v) is 17.8. The molecule has 1 amide bonds. The molecule has 0 radical (unpaired) electrons. The molecule has 8 atom stereocenters. The Bertz CT molecular complexity index is 2280. The van der Waals surface area contributed by atoms with E-state index in [1.807, 2.05) is 19.2 Å². The number of benzene rings is 2. The maximum absolute atomic E-state index is 13.7. The molecule has 1 saturated heterocycles. The van der Waals surface area contributed by atoms with Gasteiger partial charge in [-0.05, 0) is 81.7 Å². The molecule has 1 saturated carbocycles. The number of hydrogen-bond donors (Lipinski definition) is 7. The molecule has 328 valence electrons. The van der Waals surface area contributed by atoms with Crippen LogP contribution in [0, 0.1) is 18.3 Å². The van der Waals surface area contributed by atoms with Crippen LogP contribution in [0.2, 0.25) is 0 Å². The minimum Gasteiger partial charge on any atom is -0.508 e. The zero-order chi connectivity index (χ0) is 43.3. The largest absolute Gasteiger partial charge is 0.508 e. The molecule has 2 fully saturated rings. The summed E-state index contributed by atoms with van der Waals surface area (Å²) in [5, 5.41) is 67.2. The highest BCUT2D eigenvalue weighted by molar-refractivity contribution is 5.96. The van der Waals surface area contributed by atoms with Gasteiger partial charge in [0.05, 0.1) is 29.1 Å². The number of aromatic hydroxyl groups is 1. The van der Waals surface area contributed by atoms with Gasteiger partial charge in [0.25, 0.3) is 0 Å². The number of carbonyl (C=O) groups excluding carboxylic acids is 1. The zero-order valence-electron chi connectivity index (χ0n) is 34.9. The Morgan fingerprint density at radius 3 is 2.57 bits per heavy atom. The fraction of sp³-hybridized carbons (Fsp3) is 0.543. The van der Waals surface area contributed by atoms with E-state index in [0.29, 0.717) is 58.7 Å². The Morgan fingerprint density at radius 1 is 1.10 bits per heavy atom. The van der Waals surface area contributed by atoms with Gasteiger partial charge in [0.2, 0.25) is 5.91 Å². The van der Waals surface area contributed by atoms with Crippen LogP contribution in [0.15, 0.2) is 74.1 Å². The van der Waals surface area contributed by atoms with E-state index in [1.165, 1.54) is 30.3 Å². The first-order valence-electron chi connectivity index (χ1n) is 21.5. The standard InChI is InChI=1S/C46H57N3O12/c1-4-34-31-13-17-47-33(31)23-49(34)38-40-28(19-32-35(52)18-26(2)59-41(32)38)20-37(44(3,60-40)16-12-29-22-48-43(56)45(29)14-6-5-7-15-45)61-58-25-46(57,42(55)39(54)36(53)24-50)21-27-8-10-30(51)11-9-27/h8-11,13,17-19,23,29,34,36-37,39,42,50-51,53-55,57H,4-7,12,14-16,20-22,24-25H2,1-3H3,(H,48,56)/t29-,34?,36-,37-,39-,42+,44-,46+/m1/s1. The summed E-state index contributed by atoms with van der Waals surface area (Å²) >= 11 is 0. The average molecular weight is 844 g/mol. The lowest BCUT2D eigenvalue weighted by atomic mass is 9.65. The van der Waals surface area contributed by atoms with Crippen LogP contribution < -0.4 is 20.4 Å². The number of aliphatic hydroxyl groups excluding tert-OH is 4. The summed E-state index contributed by atoms with van der Waals surface area (Å²) in [6, 6.07) is 8.96. The molecule has 1 aromatic heterocycles. The molecule has 2 aromatic carbocycles. The smallest absolute Gasteiger partial charge is 0.226 e. The van der Waals surface area contributed by atoms with E-state index < -0.39 is 54.2 Å². The van der Waals surface area contributed by atoms with E-state index in [0.717, 1.165) is 49.8 Å². The first-order valence-corrected chi connectivity index (χ1v) is 21.5. The summed E-state index contributed by atoms with van der Waals surface area (Å²) in [6.07, 6.45) is 5.46. The third-order valence-corrected chi connectivity index (χ3v) is 13.8. The number of aryl methyl sites for hydroxylation is 1. The topological polar surface area (TPSA) is 224 Å². The number of carbonyl (C=O) groups is 1. The number of phenolic OH excluding ortho intramolecular Hbond substituents is 1. The number of phenols is 1. The molecule has 1 spiro atoms. The minimum absolute atomic E-state index is 0.0175. The predicted octanol–water partition coefficient (Wildman–Crippen LogP) is 3.79. The summed E-state index contributed by atoms with van der Waals surface area (Å²) < 4.78 is 13.6. The Balaban J connectivity index is 1.17. The lowest BCUT2D eigenvalue weighted by molar-refractivity contribution is -0.371. The molecule has 0 bridgehead atoms. The fourth-order valence-electron chi connectivity index (χ4n) is 10.2. The van der Waals surface area contributed by atoms with E-state index in [-0.39, 0.29) is 41.9 Å². The van der Waals surface area contributed by atoms with Gasteiger partial charge in [-0.2, -0.15) is 0 Å². The maximum Gasteiger partial charge on any atom is 0.226 e. The summed E-state index contributed by atoms with van der Waals surface area (Å²) in [5.74, 6) is 1.08. The molecular weight excluding hydrogens is 787 g/mol. The molecule has 1 aliphatic carbocycles. The first-order chi connectivity index (χ1) is 29.2. The fourth-order valence-corrected chi connectivity index (χ4v) is 10.2. The van der Waals surface area contributed by atoms with Crippen LogP contribution in [-0.4, -0.2) is 104 Å². The summed E-state index contributed by atoms with van der Waals surface area (Å²) in [6.45, 7) is 4.71. The van der Waals surface area contributed by atoms with Gasteiger partial charge >= 0.3 is 0 Å². The molecular formula is C46H57N3O12. The third kappa shape index (κ3) is 7.90. The number of ether oxygens (including phenoxy) is 1. The van der Waals surface area contributed by atoms with Crippen LogP contribution in [0.3, 0.4) is 0 Å². The SMILES string of the molecule is CCC1C2=CC=NC2=CN1c1c2c(cc3c(=O)cc(C)oc13)C[C@@H](OOC[C@@](O)(Cc1ccc(O)cc1)[C@@H](O)[C@H](O)[C@H](O)CO)[C@@](C)(CC[C@@H]1CNC(=O)C13CCCCC3)O2. The van der Waals surface area contributed by atoms with Gasteiger partial charge in [0.1, 0.15) is 59.4 Å². The maximum atomic E-state index is 13.7. The second kappa shape index (κ2) is 16.9. The highest BCUT2D eigenvalue weighted by atomic mass is 17.2. The van der Waals surface area contributed by atoms with E-state index >= 15 is 0 Å². The van der Waals surface area contributed by atoms with Crippen molar-refractivity contribution in [2.45, 2.75) is 127 Å². The summed E-state index contributed by atoms with van der Waals surface area (Å²) in [7, 11) is 0. The Kier molecular flexibility index (Phi) is 11.9. The minimum atomic E-state index is -2.27. The number of rotatable bonds is 15. The summed E-state index contributed by atoms with van der Waals surface area (Å²) in [4.78, 5) is 45.9. The Morgan fingerprint density at radius 2 is 1.85 bits per heavy atom. The number of nitrogens with zero attached hydrogens (tertiary/aromatic N) is 2. The lowest BCUT2D eigenvalue weighted by Gasteiger charge is -2.45. The molecule has 61 heavy (non-hydrogen) atoms. The van der Waals surface area contributed by atoms with Crippen LogP contribution in [-0.2, 0) is 27.4 Å². The number of anilines is 1. The molecule has 4 aliphatic heterocycles. The van der Waals surface area contributed by atoms with Crippen molar-refractivity contribution in [1.29, 1.82) is 0 Å². The van der Waals surface area contributed by atoms with E-state index in [1.54, 1.807) is 19.2 Å². The summed E-state index contributed by atoms with van der Waals surface area (Å²) in [5.41, 5.74) is -0.146. The number of nitrogens with one attached hydrogen (secondary N) is 1. The van der Waals surface area contributed by atoms with Crippen molar-refractivity contribution in [3.8, 4) is 11.5 Å². The van der Waals surface area contributed by atoms with Crippen molar-refractivity contribution in [2.24, 2.45) is 16.3 Å². The average Bonchev–Trinajstić information content (AvgIpc) is 3.93. The van der Waals surface area contributed by atoms with E-state index in [2.05, 4.69) is 22.1 Å². The van der Waals surface area contributed by atoms with Gasteiger partial charge in [-0.15, -0.1) is 0 Å². The third-order valence-electron chi connectivity index (χ3n) is 13.8. The second-order valence-electron chi connectivity index (χ2n) is 17.8. The molecule has 5 aliphatic rings. The van der Waals surface area contributed by atoms with Crippen LogP contribution in [0.25, 0.3) is 11.0 Å². The van der Waals surface area contributed by atoms with E-state index in [4.69, 9.17) is 18.9 Å². The Hall–Kier alpha value is -4.61. The van der Waals surface area contributed by atoms with Crippen LogP contribution in [0.1, 0.15) is 82.1 Å². The van der Waals surface area contributed by atoms with Gasteiger partial charge < -0.3 is 50.0 Å². The highest BCUT2D eigenvalue weighted by Crippen LogP contribution is 2.52. The quantitative estimate of drug-likeness (QED) is 0.0856. The normalized spacial score (nSPS) is 26.6. The molecule has 15 heteroatoms. The van der Waals surface area contributed by atoms with Crippen molar-refractivity contribution >= 4 is 28.8 Å². The molecule has 1 unspecified atom stereocenters. The van der Waals surface area contributed by atoms with Gasteiger partial charge in [-0.3, -0.25) is 14.6 Å². The number of fused-ring (bicyclic) bond motifs is 3. The molecule has 15 nitrogen and oxygen atoms in total. The van der Waals surface area contributed by atoms with Crippen molar-refractivity contribution in [3.63, 3.8) is 0 Å². The van der Waals surface area contributed by atoms with Gasteiger partial charge in [0, 0.05) is 49.0 Å². The van der Waals surface area contributed by atoms with Crippen molar-refractivity contribution in [1.82, 2.24) is 5.32 Å². The van der Waals surface area contributed by atoms with Crippen LogP contribution in [0.4, 0.5) is 5.69 Å². The zero-order valence-corrected chi connectivity index (χ0v) is 34.9. The van der Waals surface area contributed by atoms with Gasteiger partial charge in [-0.25, -0.2) is 9.78 Å². The number of hydrogen-bond acceptors (Lipinski definition) is 14. The molecule has 8 rings (SSSR count). The predicted molar refractivity (Wildman–Crippen MR) is 225 cm³/mol. The molecule has 7 N–H and O–H groups in total. The lowest BCUT2D eigenvalue weighted by Crippen LogP contribution is -2.58. The molecule has 5 heterocycles. The van der Waals surface area contributed by atoms with Crippen LogP contribution >= 0.6 is 0 Å². The number of amides is 1. The van der Waals surface area contributed by atoms with E-state index in [9.17, 15) is 40.2 Å². The first kappa shape index (κ1) is 43.1.